The first-order valence-corrected chi connectivity index (χ1v) is 9.62. The maximum absolute atomic E-state index is 6.09. The van der Waals surface area contributed by atoms with E-state index in [9.17, 15) is 0 Å². The molecule has 0 saturated heterocycles. The number of hydrogen-bond acceptors (Lipinski definition) is 2. The summed E-state index contributed by atoms with van der Waals surface area (Å²) in [6, 6.07) is 8.02. The Bertz CT molecular complexity index is 413. The van der Waals surface area contributed by atoms with Gasteiger partial charge in [0, 0.05) is 0 Å². The highest BCUT2D eigenvalue weighted by atomic mass is 28.4. The molecule has 3 heteroatoms. The van der Waals surface area contributed by atoms with Crippen molar-refractivity contribution in [2.75, 3.05) is 13.7 Å². The molecule has 0 saturated carbocycles. The van der Waals surface area contributed by atoms with Crippen LogP contribution in [0, 0.1) is 0 Å². The largest absolute Gasteiger partial charge is 0.497 e. The van der Waals surface area contributed by atoms with Crippen LogP contribution in [0.5, 0.6) is 5.75 Å². The standard InChI is InChI=1S/C16H26O2Si/c1-16(2,3)19(5,6)18-13-7-8-14-9-11-15(17-4)12-10-14/h7-12H,13H2,1-6H3/b8-7+. The molecule has 0 aromatic heterocycles. The second-order valence-electron chi connectivity index (χ2n) is 6.25. The number of rotatable bonds is 5. The van der Waals surface area contributed by atoms with Crippen LogP contribution in [0.4, 0.5) is 0 Å². The molecule has 0 aliphatic heterocycles. The van der Waals surface area contributed by atoms with Crippen LogP contribution in [0.2, 0.25) is 18.1 Å². The lowest BCUT2D eigenvalue weighted by Gasteiger charge is -2.35. The van der Waals surface area contributed by atoms with Gasteiger partial charge in [0.05, 0.1) is 13.7 Å². The number of benzene rings is 1. The molecule has 106 valence electrons. The Morgan fingerprint density at radius 1 is 1.11 bits per heavy atom. The average molecular weight is 278 g/mol. The molecule has 0 unspecified atom stereocenters. The Balaban J connectivity index is 2.50. The van der Waals surface area contributed by atoms with E-state index >= 15 is 0 Å². The Labute approximate surface area is 118 Å². The van der Waals surface area contributed by atoms with Gasteiger partial charge in [-0.25, -0.2) is 0 Å². The van der Waals surface area contributed by atoms with Crippen LogP contribution in [0.25, 0.3) is 6.08 Å². The van der Waals surface area contributed by atoms with E-state index in [1.165, 1.54) is 5.56 Å². The van der Waals surface area contributed by atoms with E-state index in [2.05, 4.69) is 46.0 Å². The third kappa shape index (κ3) is 4.84. The van der Waals surface area contributed by atoms with Crippen molar-refractivity contribution in [2.24, 2.45) is 0 Å². The molecule has 0 amide bonds. The summed E-state index contributed by atoms with van der Waals surface area (Å²) in [6.07, 6.45) is 4.18. The first-order chi connectivity index (χ1) is 8.76. The van der Waals surface area contributed by atoms with Gasteiger partial charge in [-0.1, -0.05) is 45.1 Å². The lowest BCUT2D eigenvalue weighted by atomic mass is 10.2. The van der Waals surface area contributed by atoms with Crippen molar-refractivity contribution in [2.45, 2.75) is 38.9 Å². The van der Waals surface area contributed by atoms with Gasteiger partial charge in [-0.05, 0) is 35.8 Å². The summed E-state index contributed by atoms with van der Waals surface area (Å²) in [7, 11) is 0.0494. The second kappa shape index (κ2) is 6.39. The van der Waals surface area contributed by atoms with Crippen LogP contribution >= 0.6 is 0 Å². The molecule has 1 rings (SSSR count). The highest BCUT2D eigenvalue weighted by Crippen LogP contribution is 2.36. The summed E-state index contributed by atoms with van der Waals surface area (Å²) in [4.78, 5) is 0. The quantitative estimate of drug-likeness (QED) is 0.725. The number of ether oxygens (including phenoxy) is 1. The van der Waals surface area contributed by atoms with Crippen LogP contribution in [0.15, 0.2) is 30.3 Å². The first-order valence-electron chi connectivity index (χ1n) is 6.71. The topological polar surface area (TPSA) is 18.5 Å². The van der Waals surface area contributed by atoms with Gasteiger partial charge in [0.25, 0.3) is 0 Å². The lowest BCUT2D eigenvalue weighted by molar-refractivity contribution is 0.328. The van der Waals surface area contributed by atoms with Crippen molar-refractivity contribution in [3.8, 4) is 5.75 Å². The highest BCUT2D eigenvalue weighted by molar-refractivity contribution is 6.74. The van der Waals surface area contributed by atoms with Gasteiger partial charge in [-0.15, -0.1) is 0 Å². The van der Waals surface area contributed by atoms with Crippen LogP contribution in [-0.2, 0) is 4.43 Å². The van der Waals surface area contributed by atoms with Gasteiger partial charge >= 0.3 is 0 Å². The predicted molar refractivity (Wildman–Crippen MR) is 85.2 cm³/mol. The Morgan fingerprint density at radius 2 is 1.68 bits per heavy atom. The molecule has 0 N–H and O–H groups in total. The van der Waals surface area contributed by atoms with Crippen molar-refractivity contribution < 1.29 is 9.16 Å². The smallest absolute Gasteiger partial charge is 0.192 e. The van der Waals surface area contributed by atoms with Gasteiger partial charge in [0.15, 0.2) is 8.32 Å². The predicted octanol–water partition coefficient (Wildman–Crippen LogP) is 4.73. The van der Waals surface area contributed by atoms with E-state index in [-0.39, 0.29) is 5.04 Å². The Kier molecular flexibility index (Phi) is 5.38. The van der Waals surface area contributed by atoms with Crippen LogP contribution in [-0.4, -0.2) is 22.0 Å². The summed E-state index contributed by atoms with van der Waals surface area (Å²) in [5.74, 6) is 0.884. The van der Waals surface area contributed by atoms with Crippen molar-refractivity contribution >= 4 is 14.4 Å². The fraction of sp³-hybridized carbons (Fsp3) is 0.500. The minimum Gasteiger partial charge on any atom is -0.497 e. The molecular weight excluding hydrogens is 252 g/mol. The normalized spacial score (nSPS) is 12.9. The van der Waals surface area contributed by atoms with Crippen LogP contribution < -0.4 is 4.74 Å². The Morgan fingerprint density at radius 3 is 2.16 bits per heavy atom. The van der Waals surface area contributed by atoms with Gasteiger partial charge < -0.3 is 9.16 Å². The number of hydrogen-bond donors (Lipinski definition) is 0. The molecule has 0 aliphatic rings. The summed E-state index contributed by atoms with van der Waals surface area (Å²) >= 11 is 0. The molecule has 1 aromatic rings. The summed E-state index contributed by atoms with van der Waals surface area (Å²) in [6.45, 7) is 12.0. The van der Waals surface area contributed by atoms with E-state index in [0.717, 1.165) is 5.75 Å². The SMILES string of the molecule is COc1ccc(/C=C/CO[Si](C)(C)C(C)(C)C)cc1. The summed E-state index contributed by atoms with van der Waals surface area (Å²) in [5, 5.41) is 0.265. The Hall–Kier alpha value is -1.06. The van der Waals surface area contributed by atoms with Gasteiger partial charge in [0.1, 0.15) is 5.75 Å². The maximum Gasteiger partial charge on any atom is 0.192 e. The first kappa shape index (κ1) is 16.0. The van der Waals surface area contributed by atoms with Crippen LogP contribution in [0.1, 0.15) is 26.3 Å². The molecule has 0 heterocycles. The average Bonchev–Trinajstić information content (AvgIpc) is 2.34. The molecular formula is C16H26O2Si. The fourth-order valence-corrected chi connectivity index (χ4v) is 2.32. The lowest BCUT2D eigenvalue weighted by Crippen LogP contribution is -2.40. The van der Waals surface area contributed by atoms with Crippen LogP contribution in [0.3, 0.4) is 0 Å². The third-order valence-electron chi connectivity index (χ3n) is 3.77. The minimum absolute atomic E-state index is 0.265. The van der Waals surface area contributed by atoms with Crippen molar-refractivity contribution in [1.82, 2.24) is 0 Å². The maximum atomic E-state index is 6.09. The molecule has 0 aliphatic carbocycles. The molecule has 1 aromatic carbocycles. The van der Waals surface area contributed by atoms with E-state index in [1.54, 1.807) is 7.11 Å². The number of methoxy groups -OCH3 is 1. The van der Waals surface area contributed by atoms with Gasteiger partial charge in [-0.3, -0.25) is 0 Å². The zero-order valence-corrected chi connectivity index (χ0v) is 14.0. The van der Waals surface area contributed by atoms with Gasteiger partial charge in [-0.2, -0.15) is 0 Å². The van der Waals surface area contributed by atoms with E-state index in [1.807, 2.05) is 24.3 Å². The molecule has 0 bridgehead atoms. The molecule has 0 atom stereocenters. The van der Waals surface area contributed by atoms with Gasteiger partial charge in [0.2, 0.25) is 0 Å². The fourth-order valence-electron chi connectivity index (χ4n) is 1.37. The van der Waals surface area contributed by atoms with E-state index in [0.29, 0.717) is 6.61 Å². The molecule has 0 fully saturated rings. The zero-order chi connectivity index (χ0) is 14.5. The molecule has 2 nitrogen and oxygen atoms in total. The monoisotopic (exact) mass is 278 g/mol. The van der Waals surface area contributed by atoms with E-state index < -0.39 is 8.32 Å². The third-order valence-corrected chi connectivity index (χ3v) is 8.27. The van der Waals surface area contributed by atoms with Crippen molar-refractivity contribution in [3.63, 3.8) is 0 Å². The van der Waals surface area contributed by atoms with Crippen molar-refractivity contribution in [1.29, 1.82) is 0 Å². The van der Waals surface area contributed by atoms with E-state index in [4.69, 9.17) is 9.16 Å². The molecule has 0 spiro atoms. The highest BCUT2D eigenvalue weighted by Gasteiger charge is 2.36. The zero-order valence-electron chi connectivity index (χ0n) is 13.0. The summed E-state index contributed by atoms with van der Waals surface area (Å²) < 4.78 is 11.2. The summed E-state index contributed by atoms with van der Waals surface area (Å²) in [5.41, 5.74) is 1.17. The minimum atomic E-state index is -1.63. The molecule has 0 radical (unpaired) electrons. The molecule has 19 heavy (non-hydrogen) atoms. The van der Waals surface area contributed by atoms with Crippen molar-refractivity contribution in [3.05, 3.63) is 35.9 Å². The second-order valence-corrected chi connectivity index (χ2v) is 11.1.